The van der Waals surface area contributed by atoms with Crippen LogP contribution in [0.15, 0.2) is 75.6 Å². The molecule has 0 saturated carbocycles. The number of hydrazine groups is 1. The second-order valence-corrected chi connectivity index (χ2v) is 9.73. The van der Waals surface area contributed by atoms with Gasteiger partial charge in [0.05, 0.1) is 22.0 Å². The number of nitrogens with one attached hydrogen (secondary N) is 1. The van der Waals surface area contributed by atoms with Crippen LogP contribution in [0.5, 0.6) is 0 Å². The summed E-state index contributed by atoms with van der Waals surface area (Å²) in [5.74, 6) is 0. The van der Waals surface area contributed by atoms with E-state index in [1.54, 1.807) is 19.1 Å². The third-order valence-corrected chi connectivity index (χ3v) is 8.09. The van der Waals surface area contributed by atoms with E-state index < -0.39 is 26.2 Å². The Morgan fingerprint density at radius 3 is 1.86 bits per heavy atom. The van der Waals surface area contributed by atoms with Crippen molar-refractivity contribution in [3.63, 3.8) is 0 Å². The topological polar surface area (TPSA) is 116 Å². The number of sulfonamides is 2. The van der Waals surface area contributed by atoms with Crippen LogP contribution in [0.1, 0.15) is 6.92 Å². The van der Waals surface area contributed by atoms with Crippen LogP contribution in [0.25, 0.3) is 0 Å². The first-order valence-electron chi connectivity index (χ1n) is 8.19. The lowest BCUT2D eigenvalue weighted by molar-refractivity contribution is -0.115. The Balaban J connectivity index is 2.23. The highest BCUT2D eigenvalue weighted by atomic mass is 32.3. The highest BCUT2D eigenvalue weighted by Crippen LogP contribution is 2.27. The number of aldehydes is 1. The molecule has 28 heavy (non-hydrogen) atoms. The molecule has 2 aromatic rings. The molecule has 0 fully saturated rings. The first-order valence-corrected chi connectivity index (χ1v) is 11.1. The molecule has 1 aliphatic heterocycles. The molecule has 1 unspecified atom stereocenters. The predicted molar refractivity (Wildman–Crippen MR) is 102 cm³/mol. The predicted octanol–water partition coefficient (Wildman–Crippen LogP) is 0.787. The van der Waals surface area contributed by atoms with Gasteiger partial charge in [0, 0.05) is 0 Å². The molecule has 1 N–H and O–H groups in total. The van der Waals surface area contributed by atoms with Crippen LogP contribution >= 0.6 is 0 Å². The molecule has 0 aliphatic carbocycles. The summed E-state index contributed by atoms with van der Waals surface area (Å²) in [7, 11) is -9.11. The van der Waals surface area contributed by atoms with Crippen molar-refractivity contribution in [1.82, 2.24) is 14.3 Å². The Bertz CT molecular complexity index is 1020. The Morgan fingerprint density at radius 1 is 0.964 bits per heavy atom. The summed E-state index contributed by atoms with van der Waals surface area (Å²) in [5.41, 5.74) is 2.88. The Labute approximate surface area is 163 Å². The quantitative estimate of drug-likeness (QED) is 0.684. The molecule has 1 aliphatic rings. The highest BCUT2D eigenvalue weighted by molar-refractivity contribution is 8.04. The summed E-state index contributed by atoms with van der Waals surface area (Å²) in [6.07, 6.45) is -0.884. The minimum atomic E-state index is -4.56. The molecule has 11 heteroatoms. The third kappa shape index (κ3) is 3.69. The summed E-state index contributed by atoms with van der Waals surface area (Å²) in [6.45, 7) is 1.41. The lowest BCUT2D eigenvalue weighted by Crippen LogP contribution is -2.61. The summed E-state index contributed by atoms with van der Waals surface area (Å²) < 4.78 is 53.6. The van der Waals surface area contributed by atoms with Gasteiger partial charge in [0.15, 0.2) is 12.5 Å². The third-order valence-electron chi connectivity index (χ3n) is 3.93. The van der Waals surface area contributed by atoms with Crippen molar-refractivity contribution in [3.05, 3.63) is 60.7 Å². The standard InChI is InChI=1S/C17H18N4O5S2/c1-14-12-20(17(13-22)19-18-14)21(27(23,24)15-8-4-2-5-9-15)28(25,26)16-10-6-3-7-11-16/h2-11,13,17,19H,12H2,1H3. The van der Waals surface area contributed by atoms with Gasteiger partial charge in [-0.1, -0.05) is 36.4 Å². The Kier molecular flexibility index (Phi) is 5.61. The average molecular weight is 422 g/mol. The molecule has 9 nitrogen and oxygen atoms in total. The van der Waals surface area contributed by atoms with Crippen molar-refractivity contribution in [2.75, 3.05) is 6.54 Å². The molecular formula is C17H18N4O5S2. The highest BCUT2D eigenvalue weighted by Gasteiger charge is 2.45. The number of hydrogen-bond donors (Lipinski definition) is 1. The molecule has 0 aromatic heterocycles. The lowest BCUT2D eigenvalue weighted by atomic mass is 10.3. The minimum Gasteiger partial charge on any atom is -0.299 e. The largest absolute Gasteiger partial charge is 0.299 e. The van der Waals surface area contributed by atoms with Gasteiger partial charge in [-0.05, 0) is 35.0 Å². The molecule has 148 valence electrons. The van der Waals surface area contributed by atoms with Crippen LogP contribution in [0.2, 0.25) is 0 Å². The van der Waals surface area contributed by atoms with Crippen LogP contribution < -0.4 is 5.43 Å². The first kappa shape index (κ1) is 20.1. The van der Waals surface area contributed by atoms with Crippen molar-refractivity contribution in [1.29, 1.82) is 0 Å². The molecule has 1 atom stereocenters. The van der Waals surface area contributed by atoms with E-state index >= 15 is 0 Å². The van der Waals surface area contributed by atoms with Crippen LogP contribution in [0, 0.1) is 0 Å². The lowest BCUT2D eigenvalue weighted by Gasteiger charge is -2.37. The van der Waals surface area contributed by atoms with Gasteiger partial charge in [-0.2, -0.15) is 10.1 Å². The maximum absolute atomic E-state index is 13.3. The van der Waals surface area contributed by atoms with Gasteiger partial charge >= 0.3 is 0 Å². The summed E-state index contributed by atoms with van der Waals surface area (Å²) in [5, 5.41) is 4.83. The van der Waals surface area contributed by atoms with Crippen molar-refractivity contribution in [2.45, 2.75) is 22.9 Å². The number of benzene rings is 2. The normalized spacial score (nSPS) is 18.4. The van der Waals surface area contributed by atoms with Crippen LogP contribution in [0.4, 0.5) is 0 Å². The van der Waals surface area contributed by atoms with Crippen molar-refractivity contribution >= 4 is 32.0 Å². The molecule has 0 spiro atoms. The zero-order chi connectivity index (χ0) is 20.4. The maximum Gasteiger partial charge on any atom is 0.270 e. The fraction of sp³-hybridized carbons (Fsp3) is 0.176. The average Bonchev–Trinajstić information content (AvgIpc) is 2.69. The van der Waals surface area contributed by atoms with E-state index in [0.717, 1.165) is 5.01 Å². The van der Waals surface area contributed by atoms with E-state index in [1.807, 2.05) is 0 Å². The SMILES string of the molecule is CC1=NNC(C=O)N(N(S(=O)(=O)c2ccccc2)S(=O)(=O)c2ccccc2)C1. The Morgan fingerprint density at radius 2 is 1.43 bits per heavy atom. The van der Waals surface area contributed by atoms with Crippen molar-refractivity contribution in [3.8, 4) is 0 Å². The van der Waals surface area contributed by atoms with Crippen molar-refractivity contribution < 1.29 is 21.6 Å². The zero-order valence-corrected chi connectivity index (χ0v) is 16.5. The number of carbonyl (C=O) groups is 1. The first-order chi connectivity index (χ1) is 13.3. The van der Waals surface area contributed by atoms with E-state index in [4.69, 9.17) is 0 Å². The summed E-state index contributed by atoms with van der Waals surface area (Å²) >= 11 is 0. The zero-order valence-electron chi connectivity index (χ0n) is 14.8. The van der Waals surface area contributed by atoms with E-state index in [0.29, 0.717) is 12.0 Å². The second-order valence-electron chi connectivity index (χ2n) is 5.97. The molecule has 2 aromatic carbocycles. The van der Waals surface area contributed by atoms with Gasteiger partial charge in [0.1, 0.15) is 0 Å². The number of rotatable bonds is 6. The van der Waals surface area contributed by atoms with Gasteiger partial charge in [-0.15, -0.1) is 0 Å². The van der Waals surface area contributed by atoms with Gasteiger partial charge in [0.2, 0.25) is 0 Å². The van der Waals surface area contributed by atoms with E-state index in [9.17, 15) is 21.6 Å². The minimum absolute atomic E-state index is 0.172. The smallest absolute Gasteiger partial charge is 0.270 e. The molecule has 3 rings (SSSR count). The molecular weight excluding hydrogens is 404 g/mol. The fourth-order valence-corrected chi connectivity index (χ4v) is 6.43. The molecule has 1 heterocycles. The number of nitrogens with zero attached hydrogens (tertiary/aromatic N) is 3. The number of hydrazone groups is 1. The summed E-state index contributed by atoms with van der Waals surface area (Å²) in [4.78, 5) is 11.1. The van der Waals surface area contributed by atoms with Crippen LogP contribution in [0.3, 0.4) is 0 Å². The molecule has 0 radical (unpaired) electrons. The van der Waals surface area contributed by atoms with E-state index in [1.165, 1.54) is 48.5 Å². The fourth-order valence-electron chi connectivity index (χ4n) is 2.64. The van der Waals surface area contributed by atoms with E-state index in [2.05, 4.69) is 10.5 Å². The summed E-state index contributed by atoms with van der Waals surface area (Å²) in [6, 6.07) is 14.3. The maximum atomic E-state index is 13.3. The second kappa shape index (κ2) is 7.80. The van der Waals surface area contributed by atoms with Gasteiger partial charge in [-0.25, -0.2) is 16.8 Å². The van der Waals surface area contributed by atoms with E-state index in [-0.39, 0.29) is 20.2 Å². The van der Waals surface area contributed by atoms with Gasteiger partial charge in [-0.3, -0.25) is 10.2 Å². The van der Waals surface area contributed by atoms with Gasteiger partial charge in [0.25, 0.3) is 20.0 Å². The number of hydrogen-bond acceptors (Lipinski definition) is 8. The molecule has 0 saturated heterocycles. The number of carbonyl (C=O) groups excluding carboxylic acids is 1. The van der Waals surface area contributed by atoms with Crippen LogP contribution in [-0.2, 0) is 24.8 Å². The van der Waals surface area contributed by atoms with Crippen LogP contribution in [-0.4, -0.2) is 50.4 Å². The molecule has 0 bridgehead atoms. The molecule has 0 amide bonds. The van der Waals surface area contributed by atoms with Gasteiger partial charge < -0.3 is 0 Å². The Hall–Kier alpha value is -2.60. The monoisotopic (exact) mass is 422 g/mol. The van der Waals surface area contributed by atoms with Crippen molar-refractivity contribution in [2.24, 2.45) is 5.10 Å².